The molecule has 1 aromatic heterocycles. The molecule has 7 heteroatoms. The van der Waals surface area contributed by atoms with Crippen LogP contribution in [0.25, 0.3) is 0 Å². The van der Waals surface area contributed by atoms with Crippen LogP contribution >= 0.6 is 0 Å². The first-order chi connectivity index (χ1) is 11.0. The maximum Gasteiger partial charge on any atom is 0.319 e. The van der Waals surface area contributed by atoms with Crippen LogP contribution in [0.5, 0.6) is 5.75 Å². The first-order valence-electron chi connectivity index (χ1n) is 7.26. The Bertz CT molecular complexity index is 641. The van der Waals surface area contributed by atoms with Gasteiger partial charge in [-0.05, 0) is 24.6 Å². The van der Waals surface area contributed by atoms with E-state index in [0.717, 1.165) is 15.9 Å². The maximum absolute atomic E-state index is 12.8. The molecular formula is C16H19F2N3O2. The van der Waals surface area contributed by atoms with Crippen LogP contribution < -0.4 is 4.74 Å². The summed E-state index contributed by atoms with van der Waals surface area (Å²) in [4.78, 5) is 17.5. The van der Waals surface area contributed by atoms with Crippen molar-refractivity contribution >= 4 is 5.91 Å². The fraction of sp³-hybridized carbons (Fsp3) is 0.375. The number of nitrogens with zero attached hydrogens (tertiary/aromatic N) is 3. The fourth-order valence-electron chi connectivity index (χ4n) is 2.12. The third-order valence-corrected chi connectivity index (χ3v) is 3.35. The molecule has 124 valence electrons. The molecule has 1 amide bonds. The molecule has 0 aliphatic carbocycles. The zero-order chi connectivity index (χ0) is 16.8. The van der Waals surface area contributed by atoms with Crippen LogP contribution in [0.3, 0.4) is 0 Å². The average molecular weight is 323 g/mol. The molecule has 0 atom stereocenters. The van der Waals surface area contributed by atoms with E-state index in [0.29, 0.717) is 6.61 Å². The molecule has 0 spiro atoms. The van der Waals surface area contributed by atoms with Crippen molar-refractivity contribution in [3.8, 4) is 5.75 Å². The van der Waals surface area contributed by atoms with Crippen molar-refractivity contribution in [2.45, 2.75) is 26.4 Å². The molecule has 5 nitrogen and oxygen atoms in total. The van der Waals surface area contributed by atoms with E-state index < -0.39 is 6.55 Å². The van der Waals surface area contributed by atoms with Crippen LogP contribution in [-0.4, -0.2) is 34.0 Å². The maximum atomic E-state index is 12.8. The zero-order valence-corrected chi connectivity index (χ0v) is 13.1. The van der Waals surface area contributed by atoms with Gasteiger partial charge in [0.05, 0.1) is 19.6 Å². The summed E-state index contributed by atoms with van der Waals surface area (Å²) in [6.45, 7) is -0.150. The van der Waals surface area contributed by atoms with Crippen LogP contribution in [0.15, 0.2) is 36.7 Å². The lowest BCUT2D eigenvalue weighted by molar-refractivity contribution is -0.129. The van der Waals surface area contributed by atoms with Crippen LogP contribution in [0.2, 0.25) is 0 Å². The highest BCUT2D eigenvalue weighted by Gasteiger charge is 2.16. The predicted octanol–water partition coefficient (Wildman–Crippen LogP) is 2.88. The Labute approximate surface area is 133 Å². The molecule has 2 aromatic rings. The van der Waals surface area contributed by atoms with E-state index in [1.165, 1.54) is 17.3 Å². The lowest BCUT2D eigenvalue weighted by atomic mass is 10.1. The molecule has 1 heterocycles. The summed E-state index contributed by atoms with van der Waals surface area (Å²) in [5, 5.41) is 0. The van der Waals surface area contributed by atoms with E-state index in [-0.39, 0.29) is 24.7 Å². The molecule has 2 rings (SSSR count). The Morgan fingerprint density at radius 2 is 2.04 bits per heavy atom. The standard InChI is InChI=1S/C16H19F2N3O2/c1-3-23-13-6-4-12(5-7-13)10-15(22)20(2)11-14-19-8-9-21(14)16(17)18/h4-9,16H,3,10-11H2,1-2H3. The highest BCUT2D eigenvalue weighted by Crippen LogP contribution is 2.15. The first-order valence-corrected chi connectivity index (χ1v) is 7.26. The number of benzene rings is 1. The average Bonchev–Trinajstić information content (AvgIpc) is 2.97. The van der Waals surface area contributed by atoms with Gasteiger partial charge in [-0.3, -0.25) is 9.36 Å². The van der Waals surface area contributed by atoms with Crippen LogP contribution in [-0.2, 0) is 17.8 Å². The number of likely N-dealkylation sites (N-methyl/N-ethyl adjacent to an activating group) is 1. The summed E-state index contributed by atoms with van der Waals surface area (Å²) in [5.74, 6) is 0.733. The second kappa shape index (κ2) is 7.71. The minimum absolute atomic E-state index is 0.0349. The number of hydrogen-bond acceptors (Lipinski definition) is 3. The van der Waals surface area contributed by atoms with Gasteiger partial charge in [-0.2, -0.15) is 8.78 Å². The van der Waals surface area contributed by atoms with Crippen LogP contribution in [0, 0.1) is 0 Å². The number of imidazole rings is 1. The summed E-state index contributed by atoms with van der Waals surface area (Å²) in [6.07, 6.45) is 2.69. The number of aromatic nitrogens is 2. The molecule has 0 fully saturated rings. The molecule has 0 saturated heterocycles. The molecule has 0 saturated carbocycles. The molecular weight excluding hydrogens is 304 g/mol. The van der Waals surface area contributed by atoms with Crippen molar-refractivity contribution < 1.29 is 18.3 Å². The lowest BCUT2D eigenvalue weighted by Crippen LogP contribution is -2.29. The Hall–Kier alpha value is -2.44. The third kappa shape index (κ3) is 4.51. The number of halogens is 2. The summed E-state index contributed by atoms with van der Waals surface area (Å²) >= 11 is 0. The van der Waals surface area contributed by atoms with Gasteiger partial charge in [-0.25, -0.2) is 4.98 Å². The SMILES string of the molecule is CCOc1ccc(CC(=O)N(C)Cc2nccn2C(F)F)cc1. The second-order valence-corrected chi connectivity index (χ2v) is 5.03. The zero-order valence-electron chi connectivity index (χ0n) is 13.1. The van der Waals surface area contributed by atoms with E-state index in [1.54, 1.807) is 19.2 Å². The van der Waals surface area contributed by atoms with Crippen LogP contribution in [0.1, 0.15) is 24.9 Å². The number of carbonyl (C=O) groups excluding carboxylic acids is 1. The Morgan fingerprint density at radius 3 is 2.65 bits per heavy atom. The summed E-state index contributed by atoms with van der Waals surface area (Å²) in [7, 11) is 1.57. The van der Waals surface area contributed by atoms with Gasteiger partial charge in [0.2, 0.25) is 5.91 Å². The van der Waals surface area contributed by atoms with E-state index in [2.05, 4.69) is 4.98 Å². The van der Waals surface area contributed by atoms with Crippen molar-refractivity contribution in [1.82, 2.24) is 14.5 Å². The third-order valence-electron chi connectivity index (χ3n) is 3.35. The number of rotatable bonds is 7. The van der Waals surface area contributed by atoms with E-state index >= 15 is 0 Å². The lowest BCUT2D eigenvalue weighted by Gasteiger charge is -2.17. The van der Waals surface area contributed by atoms with Gasteiger partial charge < -0.3 is 9.64 Å². The minimum atomic E-state index is -2.66. The largest absolute Gasteiger partial charge is 0.494 e. The molecule has 0 bridgehead atoms. The van der Waals surface area contributed by atoms with Gasteiger partial charge in [0, 0.05) is 19.4 Å². The van der Waals surface area contributed by atoms with Crippen molar-refractivity contribution in [3.05, 3.63) is 48.0 Å². The molecule has 0 aliphatic rings. The molecule has 0 radical (unpaired) electrons. The van der Waals surface area contributed by atoms with Gasteiger partial charge in [0.1, 0.15) is 11.6 Å². The number of carbonyl (C=O) groups is 1. The second-order valence-electron chi connectivity index (χ2n) is 5.03. The highest BCUT2D eigenvalue weighted by atomic mass is 19.3. The topological polar surface area (TPSA) is 47.4 Å². The summed E-state index contributed by atoms with van der Waals surface area (Å²) in [6, 6.07) is 7.24. The number of alkyl halides is 2. The first kappa shape index (κ1) is 16.9. The summed E-state index contributed by atoms with van der Waals surface area (Å²) < 4.78 is 31.6. The minimum Gasteiger partial charge on any atom is -0.494 e. The molecule has 0 unspecified atom stereocenters. The van der Waals surface area contributed by atoms with Gasteiger partial charge in [0.25, 0.3) is 0 Å². The van der Waals surface area contributed by atoms with Crippen molar-refractivity contribution in [2.75, 3.05) is 13.7 Å². The van der Waals surface area contributed by atoms with Gasteiger partial charge in [-0.15, -0.1) is 0 Å². The smallest absolute Gasteiger partial charge is 0.319 e. The number of ether oxygens (including phenoxy) is 1. The molecule has 0 aliphatic heterocycles. The Kier molecular flexibility index (Phi) is 5.67. The Morgan fingerprint density at radius 1 is 1.35 bits per heavy atom. The highest BCUT2D eigenvalue weighted by molar-refractivity contribution is 5.78. The van der Waals surface area contributed by atoms with Crippen molar-refractivity contribution in [1.29, 1.82) is 0 Å². The van der Waals surface area contributed by atoms with E-state index in [4.69, 9.17) is 4.74 Å². The van der Waals surface area contributed by atoms with E-state index in [1.807, 2.05) is 19.1 Å². The normalized spacial score (nSPS) is 10.8. The van der Waals surface area contributed by atoms with Crippen molar-refractivity contribution in [2.24, 2.45) is 0 Å². The summed E-state index contributed by atoms with van der Waals surface area (Å²) in [5.41, 5.74) is 0.836. The van der Waals surface area contributed by atoms with Gasteiger partial charge in [0.15, 0.2) is 0 Å². The van der Waals surface area contributed by atoms with Gasteiger partial charge >= 0.3 is 6.55 Å². The fourth-order valence-corrected chi connectivity index (χ4v) is 2.12. The van der Waals surface area contributed by atoms with E-state index in [9.17, 15) is 13.6 Å². The monoisotopic (exact) mass is 323 g/mol. The predicted molar refractivity (Wildman–Crippen MR) is 81.3 cm³/mol. The van der Waals surface area contributed by atoms with Crippen LogP contribution in [0.4, 0.5) is 8.78 Å². The van der Waals surface area contributed by atoms with Crippen molar-refractivity contribution in [3.63, 3.8) is 0 Å². The Balaban J connectivity index is 1.95. The molecule has 23 heavy (non-hydrogen) atoms. The molecule has 0 N–H and O–H groups in total. The van der Waals surface area contributed by atoms with Gasteiger partial charge in [-0.1, -0.05) is 12.1 Å². The number of hydrogen-bond donors (Lipinski definition) is 0. The quantitative estimate of drug-likeness (QED) is 0.787. The number of amides is 1. The molecule has 1 aromatic carbocycles.